The Morgan fingerprint density at radius 1 is 1.15 bits per heavy atom. The normalized spacial score (nSPS) is 21.5. The van der Waals surface area contributed by atoms with E-state index in [9.17, 15) is 18.0 Å². The monoisotopic (exact) mass is 478 g/mol. The molecule has 0 unspecified atom stereocenters. The number of piperidine rings is 2. The summed E-state index contributed by atoms with van der Waals surface area (Å²) in [6, 6.07) is 5.23. The van der Waals surface area contributed by atoms with Gasteiger partial charge in [-0.3, -0.25) is 14.3 Å². The molecule has 33 heavy (non-hydrogen) atoms. The summed E-state index contributed by atoms with van der Waals surface area (Å²) in [7, 11) is -3.27. The molecule has 1 aromatic heterocycles. The molecule has 0 atom stereocenters. The summed E-state index contributed by atoms with van der Waals surface area (Å²) in [5.74, 6) is -0.524. The molecule has 1 N–H and O–H groups in total. The average molecular weight is 479 g/mol. The van der Waals surface area contributed by atoms with Crippen molar-refractivity contribution >= 4 is 32.7 Å². The number of hydrogen-bond acceptors (Lipinski definition) is 6. The predicted molar refractivity (Wildman–Crippen MR) is 128 cm³/mol. The highest BCUT2D eigenvalue weighted by Crippen LogP contribution is 2.45. The van der Waals surface area contributed by atoms with Crippen molar-refractivity contribution in [3.05, 3.63) is 28.7 Å². The standard InChI is InChI=1S/C23H34N4O5S/c1-5-26-18-7-6-17(14-19(18)32-21(26)29)24-20(28)15-25-12-10-23(11-13-25)9-8-22(2,3)27(16-23)33(4,30)31/h6-7,14H,5,8-13,15-16H2,1-4H3,(H,24,28). The number of nitrogens with one attached hydrogen (secondary N) is 1. The first-order valence-electron chi connectivity index (χ1n) is 11.6. The van der Waals surface area contributed by atoms with Crippen LogP contribution in [0.5, 0.6) is 0 Å². The van der Waals surface area contributed by atoms with E-state index in [0.717, 1.165) is 38.8 Å². The second-order valence-electron chi connectivity index (χ2n) is 10.2. The second-order valence-corrected chi connectivity index (χ2v) is 12.1. The molecule has 2 aliphatic heterocycles. The van der Waals surface area contributed by atoms with Crippen LogP contribution in [0.15, 0.2) is 27.4 Å². The molecule has 9 nitrogen and oxygen atoms in total. The fourth-order valence-corrected chi connectivity index (χ4v) is 6.80. The molecule has 1 aromatic carbocycles. The van der Waals surface area contributed by atoms with E-state index in [1.165, 1.54) is 6.26 Å². The van der Waals surface area contributed by atoms with Crippen LogP contribution in [0.1, 0.15) is 46.5 Å². The predicted octanol–water partition coefficient (Wildman–Crippen LogP) is 2.47. The van der Waals surface area contributed by atoms with Crippen LogP contribution in [0.3, 0.4) is 0 Å². The number of likely N-dealkylation sites (tertiary alicyclic amines) is 1. The maximum Gasteiger partial charge on any atom is 0.419 e. The number of rotatable bonds is 5. The Morgan fingerprint density at radius 3 is 2.48 bits per heavy atom. The van der Waals surface area contributed by atoms with Crippen LogP contribution >= 0.6 is 0 Å². The Balaban J connectivity index is 1.35. The molecule has 10 heteroatoms. The quantitative estimate of drug-likeness (QED) is 0.708. The molecule has 2 fully saturated rings. The number of hydrogen-bond donors (Lipinski definition) is 1. The van der Waals surface area contributed by atoms with Crippen molar-refractivity contribution < 1.29 is 17.6 Å². The molecule has 1 amide bonds. The highest BCUT2D eigenvalue weighted by molar-refractivity contribution is 7.88. The number of aromatic nitrogens is 1. The SMILES string of the molecule is CCn1c(=O)oc2cc(NC(=O)CN3CCC4(CC3)CCC(C)(C)N(S(C)(=O)=O)C4)ccc21. The van der Waals surface area contributed by atoms with E-state index >= 15 is 0 Å². The number of carbonyl (C=O) groups is 1. The lowest BCUT2D eigenvalue weighted by Gasteiger charge is -2.52. The van der Waals surface area contributed by atoms with Crippen molar-refractivity contribution in [1.29, 1.82) is 0 Å². The molecule has 2 aliphatic rings. The van der Waals surface area contributed by atoms with Gasteiger partial charge in [-0.1, -0.05) is 0 Å². The molecule has 0 aliphatic carbocycles. The van der Waals surface area contributed by atoms with E-state index in [4.69, 9.17) is 4.42 Å². The number of carbonyl (C=O) groups excluding carboxylic acids is 1. The highest BCUT2D eigenvalue weighted by atomic mass is 32.2. The van der Waals surface area contributed by atoms with Crippen molar-refractivity contribution in [2.75, 3.05) is 37.8 Å². The lowest BCUT2D eigenvalue weighted by atomic mass is 9.69. The third-order valence-corrected chi connectivity index (χ3v) is 8.80. The number of oxazole rings is 1. The van der Waals surface area contributed by atoms with Gasteiger partial charge in [-0.25, -0.2) is 13.2 Å². The van der Waals surface area contributed by atoms with Gasteiger partial charge in [0.05, 0.1) is 18.3 Å². The van der Waals surface area contributed by atoms with E-state index < -0.39 is 15.8 Å². The maximum atomic E-state index is 12.6. The van der Waals surface area contributed by atoms with Gasteiger partial charge in [0.15, 0.2) is 5.58 Å². The van der Waals surface area contributed by atoms with Crippen molar-refractivity contribution in [2.45, 2.75) is 58.5 Å². The molecule has 4 rings (SSSR count). The number of nitrogens with zero attached hydrogens (tertiary/aromatic N) is 3. The van der Waals surface area contributed by atoms with Crippen molar-refractivity contribution in [3.63, 3.8) is 0 Å². The minimum atomic E-state index is -3.27. The number of anilines is 1. The topological polar surface area (TPSA) is 105 Å². The van der Waals surface area contributed by atoms with Crippen LogP contribution in [0.2, 0.25) is 0 Å². The Kier molecular flexibility index (Phi) is 6.22. The van der Waals surface area contributed by atoms with Crippen LogP contribution < -0.4 is 11.1 Å². The number of aryl methyl sites for hydroxylation is 1. The molecular weight excluding hydrogens is 444 g/mol. The smallest absolute Gasteiger partial charge is 0.408 e. The van der Waals surface area contributed by atoms with E-state index in [1.807, 2.05) is 20.8 Å². The summed E-state index contributed by atoms with van der Waals surface area (Å²) in [4.78, 5) is 26.6. The van der Waals surface area contributed by atoms with E-state index in [0.29, 0.717) is 29.9 Å². The molecule has 1 spiro atoms. The average Bonchev–Trinajstić information content (AvgIpc) is 3.05. The first kappa shape index (κ1) is 24.0. The van der Waals surface area contributed by atoms with Gasteiger partial charge in [-0.2, -0.15) is 4.31 Å². The van der Waals surface area contributed by atoms with Gasteiger partial charge in [0, 0.05) is 30.4 Å². The second kappa shape index (κ2) is 8.56. The zero-order valence-electron chi connectivity index (χ0n) is 19.9. The summed E-state index contributed by atoms with van der Waals surface area (Å²) in [5.41, 5.74) is 1.39. The largest absolute Gasteiger partial charge is 0.419 e. The van der Waals surface area contributed by atoms with E-state index in [1.54, 1.807) is 27.1 Å². The van der Waals surface area contributed by atoms with Gasteiger partial charge in [0.25, 0.3) is 0 Å². The molecule has 0 radical (unpaired) electrons. The minimum Gasteiger partial charge on any atom is -0.408 e. The lowest BCUT2D eigenvalue weighted by Crippen LogP contribution is -2.58. The van der Waals surface area contributed by atoms with Crippen molar-refractivity contribution in [1.82, 2.24) is 13.8 Å². The van der Waals surface area contributed by atoms with Gasteiger partial charge >= 0.3 is 5.76 Å². The molecule has 2 aromatic rings. The number of benzene rings is 1. The molecule has 0 saturated carbocycles. The molecule has 0 bridgehead atoms. The zero-order chi connectivity index (χ0) is 24.0. The zero-order valence-corrected chi connectivity index (χ0v) is 20.7. The lowest BCUT2D eigenvalue weighted by molar-refractivity contribution is -0.118. The van der Waals surface area contributed by atoms with Crippen LogP contribution in [-0.2, 0) is 21.4 Å². The Hall–Kier alpha value is -2.17. The van der Waals surface area contributed by atoms with Crippen LogP contribution in [-0.4, -0.2) is 66.1 Å². The molecule has 182 valence electrons. The first-order valence-corrected chi connectivity index (χ1v) is 13.4. The van der Waals surface area contributed by atoms with E-state index in [-0.39, 0.29) is 23.4 Å². The van der Waals surface area contributed by atoms with Gasteiger partial charge in [0.2, 0.25) is 15.9 Å². The maximum absolute atomic E-state index is 12.6. The summed E-state index contributed by atoms with van der Waals surface area (Å²) < 4.78 is 33.2. The molecule has 3 heterocycles. The summed E-state index contributed by atoms with van der Waals surface area (Å²) >= 11 is 0. The van der Waals surface area contributed by atoms with Crippen LogP contribution in [0, 0.1) is 5.41 Å². The van der Waals surface area contributed by atoms with Crippen LogP contribution in [0.25, 0.3) is 11.1 Å². The number of amides is 1. The van der Waals surface area contributed by atoms with Gasteiger partial charge in [-0.05, 0) is 77.1 Å². The Morgan fingerprint density at radius 2 is 1.85 bits per heavy atom. The Bertz CT molecular complexity index is 1210. The summed E-state index contributed by atoms with van der Waals surface area (Å²) in [5, 5.41) is 2.90. The van der Waals surface area contributed by atoms with E-state index in [2.05, 4.69) is 10.2 Å². The minimum absolute atomic E-state index is 0.0133. The van der Waals surface area contributed by atoms with Crippen molar-refractivity contribution in [2.24, 2.45) is 5.41 Å². The third-order valence-electron chi connectivity index (χ3n) is 7.37. The van der Waals surface area contributed by atoms with Gasteiger partial charge < -0.3 is 9.73 Å². The Labute approximate surface area is 194 Å². The summed E-state index contributed by atoms with van der Waals surface area (Å²) in [6.07, 6.45) is 4.91. The van der Waals surface area contributed by atoms with Gasteiger partial charge in [-0.15, -0.1) is 0 Å². The number of sulfonamides is 1. The third kappa shape index (κ3) is 4.88. The van der Waals surface area contributed by atoms with Gasteiger partial charge in [0.1, 0.15) is 0 Å². The molecular formula is C23H34N4O5S. The number of fused-ring (bicyclic) bond motifs is 1. The first-order chi connectivity index (χ1) is 15.4. The summed E-state index contributed by atoms with van der Waals surface area (Å²) in [6.45, 7) is 8.75. The molecule has 2 saturated heterocycles. The fraction of sp³-hybridized carbons (Fsp3) is 0.652. The van der Waals surface area contributed by atoms with Crippen LogP contribution in [0.4, 0.5) is 5.69 Å². The fourth-order valence-electron chi connectivity index (χ4n) is 5.30. The van der Waals surface area contributed by atoms with Crippen molar-refractivity contribution in [3.8, 4) is 0 Å². The highest BCUT2D eigenvalue weighted by Gasteiger charge is 2.47.